The van der Waals surface area contributed by atoms with Crippen LogP contribution in [-0.2, 0) is 17.8 Å². The minimum absolute atomic E-state index is 0.258. The van der Waals surface area contributed by atoms with E-state index in [9.17, 15) is 4.79 Å². The molecule has 2 N–H and O–H groups in total. The number of amides is 1. The van der Waals surface area contributed by atoms with Crippen LogP contribution in [0.2, 0.25) is 0 Å². The fourth-order valence-corrected chi connectivity index (χ4v) is 4.14. The molecule has 1 aliphatic carbocycles. The summed E-state index contributed by atoms with van der Waals surface area (Å²) in [5.74, 6) is 1.11. The molecule has 5 nitrogen and oxygen atoms in total. The number of rotatable bonds is 7. The van der Waals surface area contributed by atoms with E-state index in [1.54, 1.807) is 0 Å². The normalized spacial score (nSPS) is 18.4. The van der Waals surface area contributed by atoms with E-state index in [0.29, 0.717) is 11.8 Å². The first kappa shape index (κ1) is 19.7. The SMILES string of the molecule is CCC1(CNC(=NC)NCCCC(=O)N2CCc3ccccc3C2)CCC1. The van der Waals surface area contributed by atoms with E-state index in [1.165, 1.54) is 36.8 Å². The maximum atomic E-state index is 12.5. The summed E-state index contributed by atoms with van der Waals surface area (Å²) in [5, 5.41) is 6.83. The fourth-order valence-electron chi connectivity index (χ4n) is 4.14. The highest BCUT2D eigenvalue weighted by molar-refractivity contribution is 5.80. The largest absolute Gasteiger partial charge is 0.356 e. The summed E-state index contributed by atoms with van der Waals surface area (Å²) in [7, 11) is 1.81. The lowest BCUT2D eigenvalue weighted by molar-refractivity contribution is -0.132. The van der Waals surface area contributed by atoms with Crippen LogP contribution in [0.15, 0.2) is 29.3 Å². The second-order valence-electron chi connectivity index (χ2n) is 8.00. The standard InChI is InChI=1S/C22H34N4O/c1-3-22(12-7-13-22)17-25-21(23-2)24-14-6-10-20(27)26-15-11-18-8-4-5-9-19(18)16-26/h4-5,8-9H,3,6-7,10-17H2,1-2H3,(H2,23,24,25). The van der Waals surface area contributed by atoms with Crippen molar-refractivity contribution >= 4 is 11.9 Å². The van der Waals surface area contributed by atoms with Crippen LogP contribution < -0.4 is 10.6 Å². The number of aliphatic imine (C=N–C) groups is 1. The average molecular weight is 371 g/mol. The minimum atomic E-state index is 0.258. The monoisotopic (exact) mass is 370 g/mol. The molecule has 1 aliphatic heterocycles. The van der Waals surface area contributed by atoms with Gasteiger partial charge in [0.15, 0.2) is 5.96 Å². The molecule has 1 aromatic rings. The Balaban J connectivity index is 1.35. The highest BCUT2D eigenvalue weighted by atomic mass is 16.2. The second kappa shape index (κ2) is 9.25. The Morgan fingerprint density at radius 3 is 2.67 bits per heavy atom. The van der Waals surface area contributed by atoms with Gasteiger partial charge in [0, 0.05) is 39.6 Å². The van der Waals surface area contributed by atoms with Gasteiger partial charge in [-0.1, -0.05) is 37.6 Å². The lowest BCUT2D eigenvalue weighted by Crippen LogP contribution is -2.46. The first-order valence-corrected chi connectivity index (χ1v) is 10.4. The molecular formula is C22H34N4O. The predicted molar refractivity (Wildman–Crippen MR) is 111 cm³/mol. The first-order chi connectivity index (χ1) is 13.2. The Morgan fingerprint density at radius 2 is 2.00 bits per heavy atom. The molecule has 3 rings (SSSR count). The van der Waals surface area contributed by atoms with Crippen LogP contribution >= 0.6 is 0 Å². The third-order valence-electron chi connectivity index (χ3n) is 6.36. The molecule has 5 heteroatoms. The second-order valence-corrected chi connectivity index (χ2v) is 8.00. The Hall–Kier alpha value is -2.04. The van der Waals surface area contributed by atoms with E-state index < -0.39 is 0 Å². The van der Waals surface area contributed by atoms with Gasteiger partial charge in [0.25, 0.3) is 0 Å². The molecule has 0 radical (unpaired) electrons. The van der Waals surface area contributed by atoms with Crippen LogP contribution in [0.3, 0.4) is 0 Å². The Bertz CT molecular complexity index is 661. The van der Waals surface area contributed by atoms with Gasteiger partial charge in [-0.25, -0.2) is 0 Å². The van der Waals surface area contributed by atoms with Crippen LogP contribution in [0.5, 0.6) is 0 Å². The fraction of sp³-hybridized carbons (Fsp3) is 0.636. The van der Waals surface area contributed by atoms with Crippen molar-refractivity contribution in [3.05, 3.63) is 35.4 Å². The summed E-state index contributed by atoms with van der Waals surface area (Å²) in [6.07, 6.45) is 7.61. The van der Waals surface area contributed by atoms with Crippen molar-refractivity contribution in [2.45, 2.75) is 58.4 Å². The van der Waals surface area contributed by atoms with E-state index in [1.807, 2.05) is 11.9 Å². The summed E-state index contributed by atoms with van der Waals surface area (Å²) in [4.78, 5) is 18.8. The molecule has 0 spiro atoms. The highest BCUT2D eigenvalue weighted by Crippen LogP contribution is 2.42. The smallest absolute Gasteiger partial charge is 0.222 e. The van der Waals surface area contributed by atoms with Crippen molar-refractivity contribution in [1.29, 1.82) is 0 Å². The van der Waals surface area contributed by atoms with E-state index in [4.69, 9.17) is 0 Å². The third-order valence-corrected chi connectivity index (χ3v) is 6.36. The molecule has 148 valence electrons. The lowest BCUT2D eigenvalue weighted by atomic mass is 9.67. The Labute approximate surface area is 163 Å². The molecule has 1 heterocycles. The molecule has 27 heavy (non-hydrogen) atoms. The molecule has 1 saturated carbocycles. The van der Waals surface area contributed by atoms with Crippen LogP contribution in [0.25, 0.3) is 0 Å². The van der Waals surface area contributed by atoms with Gasteiger partial charge in [-0.05, 0) is 48.6 Å². The zero-order chi connectivity index (χ0) is 19.1. The highest BCUT2D eigenvalue weighted by Gasteiger charge is 2.34. The van der Waals surface area contributed by atoms with Crippen LogP contribution in [0.1, 0.15) is 56.6 Å². The van der Waals surface area contributed by atoms with Crippen LogP contribution in [-0.4, -0.2) is 43.4 Å². The van der Waals surface area contributed by atoms with Gasteiger partial charge < -0.3 is 15.5 Å². The van der Waals surface area contributed by atoms with Gasteiger partial charge in [-0.2, -0.15) is 0 Å². The molecule has 1 amide bonds. The zero-order valence-corrected chi connectivity index (χ0v) is 16.9. The maximum absolute atomic E-state index is 12.5. The van der Waals surface area contributed by atoms with E-state index >= 15 is 0 Å². The summed E-state index contributed by atoms with van der Waals surface area (Å²) in [5.41, 5.74) is 3.15. The number of fused-ring (bicyclic) bond motifs is 1. The molecule has 0 aromatic heterocycles. The number of carbonyl (C=O) groups excluding carboxylic acids is 1. The number of carbonyl (C=O) groups is 1. The number of nitrogens with one attached hydrogen (secondary N) is 2. The molecule has 0 atom stereocenters. The van der Waals surface area contributed by atoms with Crippen molar-refractivity contribution in [2.75, 3.05) is 26.7 Å². The maximum Gasteiger partial charge on any atom is 0.222 e. The molecule has 1 fully saturated rings. The van der Waals surface area contributed by atoms with Crippen molar-refractivity contribution < 1.29 is 4.79 Å². The number of nitrogens with zero attached hydrogens (tertiary/aromatic N) is 2. The van der Waals surface area contributed by atoms with Crippen molar-refractivity contribution in [2.24, 2.45) is 10.4 Å². The lowest BCUT2D eigenvalue weighted by Gasteiger charge is -2.41. The van der Waals surface area contributed by atoms with Crippen molar-refractivity contribution in [3.8, 4) is 0 Å². The third kappa shape index (κ3) is 5.02. The number of hydrogen-bond donors (Lipinski definition) is 2. The van der Waals surface area contributed by atoms with E-state index in [-0.39, 0.29) is 5.91 Å². The zero-order valence-electron chi connectivity index (χ0n) is 16.9. The molecule has 0 bridgehead atoms. The predicted octanol–water partition coefficient (Wildman–Crippen LogP) is 3.10. The van der Waals surface area contributed by atoms with Crippen molar-refractivity contribution in [3.63, 3.8) is 0 Å². The summed E-state index contributed by atoms with van der Waals surface area (Å²) in [6, 6.07) is 8.45. The Kier molecular flexibility index (Phi) is 6.75. The van der Waals surface area contributed by atoms with E-state index in [0.717, 1.165) is 45.0 Å². The molecular weight excluding hydrogens is 336 g/mol. The van der Waals surface area contributed by atoms with Gasteiger partial charge >= 0.3 is 0 Å². The number of hydrogen-bond acceptors (Lipinski definition) is 2. The quantitative estimate of drug-likeness (QED) is 0.440. The van der Waals surface area contributed by atoms with Gasteiger partial charge in [-0.15, -0.1) is 0 Å². The minimum Gasteiger partial charge on any atom is -0.356 e. The number of guanidine groups is 1. The van der Waals surface area contributed by atoms with Gasteiger partial charge in [0.1, 0.15) is 0 Å². The Morgan fingerprint density at radius 1 is 1.22 bits per heavy atom. The summed E-state index contributed by atoms with van der Waals surface area (Å²) in [6.45, 7) is 5.64. The van der Waals surface area contributed by atoms with Gasteiger partial charge in [-0.3, -0.25) is 9.79 Å². The van der Waals surface area contributed by atoms with Gasteiger partial charge in [0.05, 0.1) is 0 Å². The van der Waals surface area contributed by atoms with Crippen LogP contribution in [0.4, 0.5) is 0 Å². The molecule has 0 unspecified atom stereocenters. The summed E-state index contributed by atoms with van der Waals surface area (Å²) >= 11 is 0. The number of benzene rings is 1. The summed E-state index contributed by atoms with van der Waals surface area (Å²) < 4.78 is 0. The molecule has 2 aliphatic rings. The molecule has 1 aromatic carbocycles. The average Bonchev–Trinajstić information content (AvgIpc) is 2.68. The first-order valence-electron chi connectivity index (χ1n) is 10.4. The van der Waals surface area contributed by atoms with Crippen LogP contribution in [0, 0.1) is 5.41 Å². The topological polar surface area (TPSA) is 56.7 Å². The molecule has 0 saturated heterocycles. The van der Waals surface area contributed by atoms with Gasteiger partial charge in [0.2, 0.25) is 5.91 Å². The van der Waals surface area contributed by atoms with Crippen molar-refractivity contribution in [1.82, 2.24) is 15.5 Å². The van der Waals surface area contributed by atoms with E-state index in [2.05, 4.69) is 46.8 Å².